The SMILES string of the molecule is CC1(CC(=O)N2CC(F)(F)C2)CC1. The van der Waals surface area contributed by atoms with Gasteiger partial charge in [-0.05, 0) is 18.3 Å². The average Bonchev–Trinajstić information content (AvgIpc) is 2.62. The summed E-state index contributed by atoms with van der Waals surface area (Å²) in [5.74, 6) is -2.73. The summed E-state index contributed by atoms with van der Waals surface area (Å²) in [5, 5.41) is 0. The number of hydrogen-bond acceptors (Lipinski definition) is 1. The van der Waals surface area contributed by atoms with Crippen LogP contribution in [0.3, 0.4) is 0 Å². The van der Waals surface area contributed by atoms with E-state index in [1.165, 1.54) is 4.90 Å². The molecule has 0 aromatic heterocycles. The van der Waals surface area contributed by atoms with Gasteiger partial charge in [-0.25, -0.2) is 8.78 Å². The van der Waals surface area contributed by atoms with Crippen LogP contribution in [0, 0.1) is 5.41 Å². The zero-order valence-corrected chi connectivity index (χ0v) is 7.65. The summed E-state index contributed by atoms with van der Waals surface area (Å²) in [6, 6.07) is 0. The van der Waals surface area contributed by atoms with E-state index < -0.39 is 5.92 Å². The minimum Gasteiger partial charge on any atom is -0.330 e. The quantitative estimate of drug-likeness (QED) is 0.646. The summed E-state index contributed by atoms with van der Waals surface area (Å²) in [5.41, 5.74) is 0.127. The van der Waals surface area contributed by atoms with Crippen molar-refractivity contribution in [2.75, 3.05) is 13.1 Å². The van der Waals surface area contributed by atoms with Gasteiger partial charge in [0.25, 0.3) is 5.92 Å². The summed E-state index contributed by atoms with van der Waals surface area (Å²) in [7, 11) is 0. The molecular formula is C9H13F2NO. The molecule has 74 valence electrons. The molecule has 2 rings (SSSR count). The fourth-order valence-electron chi connectivity index (χ4n) is 1.56. The van der Waals surface area contributed by atoms with Crippen LogP contribution in [0.2, 0.25) is 0 Å². The highest BCUT2D eigenvalue weighted by Gasteiger charge is 2.48. The van der Waals surface area contributed by atoms with E-state index in [-0.39, 0.29) is 24.4 Å². The zero-order valence-electron chi connectivity index (χ0n) is 7.65. The van der Waals surface area contributed by atoms with Gasteiger partial charge in [0.15, 0.2) is 0 Å². The standard InChI is InChI=1S/C9H13F2NO/c1-8(2-3-8)4-7(13)12-5-9(10,11)6-12/h2-6H2,1H3. The number of rotatable bonds is 2. The number of amides is 1. The molecule has 0 radical (unpaired) electrons. The van der Waals surface area contributed by atoms with E-state index in [4.69, 9.17) is 0 Å². The third-order valence-corrected chi connectivity index (χ3v) is 2.88. The lowest BCUT2D eigenvalue weighted by Gasteiger charge is -2.39. The highest BCUT2D eigenvalue weighted by Crippen LogP contribution is 2.48. The van der Waals surface area contributed by atoms with Gasteiger partial charge in [-0.15, -0.1) is 0 Å². The molecule has 1 aliphatic carbocycles. The van der Waals surface area contributed by atoms with Crippen molar-refractivity contribution in [1.29, 1.82) is 0 Å². The van der Waals surface area contributed by atoms with Gasteiger partial charge < -0.3 is 4.90 Å². The first-order valence-corrected chi connectivity index (χ1v) is 4.56. The predicted molar refractivity (Wildman–Crippen MR) is 43.5 cm³/mol. The van der Waals surface area contributed by atoms with Crippen LogP contribution in [0.4, 0.5) is 8.78 Å². The maximum atomic E-state index is 12.4. The molecule has 13 heavy (non-hydrogen) atoms. The molecule has 1 amide bonds. The van der Waals surface area contributed by atoms with Crippen molar-refractivity contribution in [2.45, 2.75) is 32.1 Å². The van der Waals surface area contributed by atoms with Crippen LogP contribution in [0.25, 0.3) is 0 Å². The minimum absolute atomic E-state index is 0.106. The Morgan fingerprint density at radius 3 is 2.31 bits per heavy atom. The van der Waals surface area contributed by atoms with Gasteiger partial charge in [0, 0.05) is 6.42 Å². The van der Waals surface area contributed by atoms with Gasteiger partial charge in [0.2, 0.25) is 5.91 Å². The van der Waals surface area contributed by atoms with Crippen LogP contribution >= 0.6 is 0 Å². The van der Waals surface area contributed by atoms with E-state index in [0.29, 0.717) is 6.42 Å². The molecule has 0 bridgehead atoms. The summed E-state index contributed by atoms with van der Waals surface area (Å²) < 4.78 is 24.8. The number of carbonyl (C=O) groups excluding carboxylic acids is 1. The van der Waals surface area contributed by atoms with E-state index in [1.807, 2.05) is 6.92 Å². The Labute approximate surface area is 75.9 Å². The first-order chi connectivity index (χ1) is 5.90. The second kappa shape index (κ2) is 2.42. The highest BCUT2D eigenvalue weighted by molar-refractivity contribution is 5.78. The summed E-state index contributed by atoms with van der Waals surface area (Å²) in [6.45, 7) is 1.28. The van der Waals surface area contributed by atoms with Crippen LogP contribution in [-0.2, 0) is 4.79 Å². The van der Waals surface area contributed by atoms with Gasteiger partial charge in [-0.1, -0.05) is 6.92 Å². The molecule has 0 aromatic carbocycles. The van der Waals surface area contributed by atoms with Crippen molar-refractivity contribution in [3.8, 4) is 0 Å². The fourth-order valence-corrected chi connectivity index (χ4v) is 1.56. The second-order valence-electron chi connectivity index (χ2n) is 4.59. The Kier molecular flexibility index (Phi) is 1.66. The van der Waals surface area contributed by atoms with Crippen molar-refractivity contribution in [3.05, 3.63) is 0 Å². The van der Waals surface area contributed by atoms with E-state index in [0.717, 1.165) is 12.8 Å². The predicted octanol–water partition coefficient (Wildman–Crippen LogP) is 1.65. The Morgan fingerprint density at radius 2 is 1.92 bits per heavy atom. The van der Waals surface area contributed by atoms with Gasteiger partial charge in [-0.2, -0.15) is 0 Å². The van der Waals surface area contributed by atoms with Crippen molar-refractivity contribution < 1.29 is 13.6 Å². The summed E-state index contributed by atoms with van der Waals surface area (Å²) >= 11 is 0. The smallest absolute Gasteiger partial charge is 0.282 e. The lowest BCUT2D eigenvalue weighted by molar-refractivity contribution is -0.166. The third-order valence-electron chi connectivity index (χ3n) is 2.88. The molecule has 4 heteroatoms. The normalized spacial score (nSPS) is 28.1. The lowest BCUT2D eigenvalue weighted by atomic mass is 10.0. The van der Waals surface area contributed by atoms with Crippen LogP contribution in [0.5, 0.6) is 0 Å². The average molecular weight is 189 g/mol. The van der Waals surface area contributed by atoms with E-state index >= 15 is 0 Å². The number of likely N-dealkylation sites (tertiary alicyclic amines) is 1. The molecule has 2 aliphatic rings. The largest absolute Gasteiger partial charge is 0.330 e. The van der Waals surface area contributed by atoms with Crippen molar-refractivity contribution in [2.24, 2.45) is 5.41 Å². The Morgan fingerprint density at radius 1 is 1.38 bits per heavy atom. The van der Waals surface area contributed by atoms with Crippen molar-refractivity contribution in [3.63, 3.8) is 0 Å². The first kappa shape index (κ1) is 8.91. The van der Waals surface area contributed by atoms with Gasteiger partial charge >= 0.3 is 0 Å². The Hall–Kier alpha value is -0.670. The van der Waals surface area contributed by atoms with Crippen LogP contribution in [0.1, 0.15) is 26.2 Å². The van der Waals surface area contributed by atoms with E-state index in [1.54, 1.807) is 0 Å². The number of alkyl halides is 2. The van der Waals surface area contributed by atoms with Gasteiger partial charge in [-0.3, -0.25) is 4.79 Å². The molecular weight excluding hydrogens is 176 g/mol. The molecule has 1 saturated heterocycles. The topological polar surface area (TPSA) is 20.3 Å². The lowest BCUT2D eigenvalue weighted by Crippen LogP contribution is -2.58. The maximum absolute atomic E-state index is 12.4. The number of hydrogen-bond donors (Lipinski definition) is 0. The van der Waals surface area contributed by atoms with Crippen LogP contribution < -0.4 is 0 Å². The van der Waals surface area contributed by atoms with Crippen LogP contribution in [-0.4, -0.2) is 29.8 Å². The minimum atomic E-state index is -2.62. The molecule has 2 fully saturated rings. The zero-order chi connectivity index (χ0) is 9.69. The first-order valence-electron chi connectivity index (χ1n) is 4.56. The maximum Gasteiger partial charge on any atom is 0.282 e. The van der Waals surface area contributed by atoms with Gasteiger partial charge in [0.1, 0.15) is 0 Å². The molecule has 1 heterocycles. The second-order valence-corrected chi connectivity index (χ2v) is 4.59. The molecule has 1 saturated carbocycles. The summed E-state index contributed by atoms with van der Waals surface area (Å²) in [6.07, 6.45) is 2.56. The highest BCUT2D eigenvalue weighted by atomic mass is 19.3. The van der Waals surface area contributed by atoms with Crippen molar-refractivity contribution >= 4 is 5.91 Å². The number of carbonyl (C=O) groups is 1. The summed E-state index contributed by atoms with van der Waals surface area (Å²) in [4.78, 5) is 12.6. The number of halogens is 2. The van der Waals surface area contributed by atoms with Gasteiger partial charge in [0.05, 0.1) is 13.1 Å². The molecule has 0 spiro atoms. The van der Waals surface area contributed by atoms with Crippen LogP contribution in [0.15, 0.2) is 0 Å². The molecule has 1 aliphatic heterocycles. The Balaban J connectivity index is 1.80. The molecule has 2 nitrogen and oxygen atoms in total. The monoisotopic (exact) mass is 189 g/mol. The number of nitrogens with zero attached hydrogens (tertiary/aromatic N) is 1. The van der Waals surface area contributed by atoms with Crippen molar-refractivity contribution in [1.82, 2.24) is 4.90 Å². The van der Waals surface area contributed by atoms with E-state index in [9.17, 15) is 13.6 Å². The van der Waals surface area contributed by atoms with E-state index in [2.05, 4.69) is 0 Å². The molecule has 0 N–H and O–H groups in total. The molecule has 0 atom stereocenters. The molecule has 0 aromatic rings. The fraction of sp³-hybridized carbons (Fsp3) is 0.889. The third kappa shape index (κ3) is 1.81. The Bertz CT molecular complexity index is 240. The molecule has 0 unspecified atom stereocenters.